The number of nitrogens with one attached hydrogen (secondary N) is 1. The van der Waals surface area contributed by atoms with Gasteiger partial charge in [-0.05, 0) is 60.4 Å². The van der Waals surface area contributed by atoms with Gasteiger partial charge in [0.1, 0.15) is 17.5 Å². The molecule has 2 aromatic carbocycles. The van der Waals surface area contributed by atoms with Gasteiger partial charge < -0.3 is 15.3 Å². The first-order valence-electron chi connectivity index (χ1n) is 11.7. The summed E-state index contributed by atoms with van der Waals surface area (Å²) in [5.74, 6) is -1.59. The lowest BCUT2D eigenvalue weighted by molar-refractivity contribution is -0.144. The first-order valence-corrected chi connectivity index (χ1v) is 11.7. The van der Waals surface area contributed by atoms with Gasteiger partial charge in [-0.25, -0.2) is 13.2 Å². The summed E-state index contributed by atoms with van der Waals surface area (Å²) in [6.07, 6.45) is 1.47. The van der Waals surface area contributed by atoms with E-state index in [1.54, 1.807) is 12.1 Å². The number of carbonyl (C=O) groups excluding carboxylic acids is 1. The number of carbonyl (C=O) groups is 1. The Morgan fingerprint density at radius 1 is 1.12 bits per heavy atom. The Bertz CT molecular complexity index is 1070. The highest BCUT2D eigenvalue weighted by Gasteiger charge is 2.55. The normalized spacial score (nSPS) is 33.3. The number of piperidine rings is 1. The molecule has 0 bridgehead atoms. The zero-order valence-corrected chi connectivity index (χ0v) is 18.8. The molecule has 2 N–H and O–H groups in total. The minimum absolute atomic E-state index is 0.0317. The molecule has 2 aliphatic heterocycles. The van der Waals surface area contributed by atoms with E-state index in [1.807, 2.05) is 18.7 Å². The number of halogens is 3. The standard InChI is InChI=1S/C26H29F3N2O2/c1-14-13-31(8-7-22(14)32)25(33)16-9-17(10-16)26(2)20-11-19(28)12-21(29)23(20)30-24(26)15-3-5-18(27)6-4-15/h3-6,11-12,14,16-17,22,24,30,32H,7-10,13H2,1-2H3/t14-,16-,17-,22-,24?,26?/m0/s1. The monoisotopic (exact) mass is 458 g/mol. The van der Waals surface area contributed by atoms with Crippen LogP contribution in [0, 0.1) is 35.2 Å². The van der Waals surface area contributed by atoms with Crippen molar-refractivity contribution < 1.29 is 23.1 Å². The van der Waals surface area contributed by atoms with E-state index in [-0.39, 0.29) is 47.3 Å². The third kappa shape index (κ3) is 3.61. The molecule has 4 nitrogen and oxygen atoms in total. The van der Waals surface area contributed by atoms with Crippen LogP contribution >= 0.6 is 0 Å². The summed E-state index contributed by atoms with van der Waals surface area (Å²) in [5, 5.41) is 13.2. The number of nitrogens with zero attached hydrogens (tertiary/aromatic N) is 1. The maximum absolute atomic E-state index is 14.7. The van der Waals surface area contributed by atoms with E-state index in [9.17, 15) is 23.1 Å². The van der Waals surface area contributed by atoms with Gasteiger partial charge in [-0.3, -0.25) is 4.79 Å². The van der Waals surface area contributed by atoms with Crippen LogP contribution in [0.15, 0.2) is 36.4 Å². The molecule has 7 heteroatoms. The maximum Gasteiger partial charge on any atom is 0.225 e. The summed E-state index contributed by atoms with van der Waals surface area (Å²) in [4.78, 5) is 15.0. The largest absolute Gasteiger partial charge is 0.393 e. The van der Waals surface area contributed by atoms with E-state index in [2.05, 4.69) is 5.32 Å². The third-order valence-electron chi connectivity index (χ3n) is 8.23. The number of hydrogen-bond donors (Lipinski definition) is 2. The molecule has 2 fully saturated rings. The average Bonchev–Trinajstić information content (AvgIpc) is 3.03. The number of rotatable bonds is 3. The number of fused-ring (bicyclic) bond motifs is 1. The van der Waals surface area contributed by atoms with Crippen LogP contribution in [-0.2, 0) is 10.2 Å². The van der Waals surface area contributed by atoms with Crippen molar-refractivity contribution in [1.29, 1.82) is 0 Å². The number of aliphatic hydroxyl groups is 1. The number of amides is 1. The van der Waals surface area contributed by atoms with E-state index in [1.165, 1.54) is 18.2 Å². The molecule has 0 aromatic heterocycles. The molecule has 2 aromatic rings. The Balaban J connectivity index is 1.42. The second-order valence-corrected chi connectivity index (χ2v) is 10.2. The van der Waals surface area contributed by atoms with E-state index >= 15 is 0 Å². The molecule has 2 heterocycles. The molecule has 0 radical (unpaired) electrons. The van der Waals surface area contributed by atoms with Crippen molar-refractivity contribution in [2.45, 2.75) is 50.7 Å². The number of benzene rings is 2. The molecule has 33 heavy (non-hydrogen) atoms. The van der Waals surface area contributed by atoms with Crippen LogP contribution in [0.3, 0.4) is 0 Å². The molecule has 1 saturated carbocycles. The van der Waals surface area contributed by atoms with Gasteiger partial charge in [0.25, 0.3) is 0 Å². The molecule has 2 unspecified atom stereocenters. The van der Waals surface area contributed by atoms with Gasteiger partial charge in [0, 0.05) is 30.5 Å². The van der Waals surface area contributed by atoms with Crippen LogP contribution < -0.4 is 5.32 Å². The Morgan fingerprint density at radius 2 is 1.82 bits per heavy atom. The predicted molar refractivity (Wildman–Crippen MR) is 119 cm³/mol. The fraction of sp³-hybridized carbons (Fsp3) is 0.500. The molecule has 3 aliphatic rings. The Hall–Kier alpha value is -2.54. The van der Waals surface area contributed by atoms with E-state index in [0.717, 1.165) is 11.6 Å². The van der Waals surface area contributed by atoms with Crippen LogP contribution in [-0.4, -0.2) is 35.1 Å². The van der Waals surface area contributed by atoms with E-state index < -0.39 is 17.0 Å². The molecule has 4 atom stereocenters. The van der Waals surface area contributed by atoms with Crippen LogP contribution in [0.25, 0.3) is 0 Å². The summed E-state index contributed by atoms with van der Waals surface area (Å²) in [7, 11) is 0. The molecule has 1 amide bonds. The van der Waals surface area contributed by atoms with E-state index in [0.29, 0.717) is 37.9 Å². The minimum Gasteiger partial charge on any atom is -0.393 e. The SMILES string of the molecule is C[C@H]1CN(C(=O)[C@H]2C[C@H](C3(C)c4cc(F)cc(F)c4NC3c3ccc(F)cc3)C2)CC[C@@H]1O. The second-order valence-electron chi connectivity index (χ2n) is 10.2. The maximum atomic E-state index is 14.7. The first kappa shape index (κ1) is 22.3. The van der Waals surface area contributed by atoms with Crippen molar-refractivity contribution in [3.8, 4) is 0 Å². The fourth-order valence-corrected chi connectivity index (χ4v) is 6.04. The quantitative estimate of drug-likeness (QED) is 0.696. The van der Waals surface area contributed by atoms with Crippen molar-refractivity contribution >= 4 is 11.6 Å². The van der Waals surface area contributed by atoms with Gasteiger partial charge in [0.2, 0.25) is 5.91 Å². The summed E-state index contributed by atoms with van der Waals surface area (Å²) < 4.78 is 42.5. The van der Waals surface area contributed by atoms with Crippen LogP contribution in [0.1, 0.15) is 50.3 Å². The number of anilines is 1. The molecule has 1 saturated heterocycles. The minimum atomic E-state index is -0.654. The van der Waals surface area contributed by atoms with Crippen molar-refractivity contribution in [2.24, 2.45) is 17.8 Å². The second kappa shape index (κ2) is 8.05. The number of aliphatic hydroxyl groups excluding tert-OH is 1. The molecule has 5 rings (SSSR count). The van der Waals surface area contributed by atoms with Crippen LogP contribution in [0.5, 0.6) is 0 Å². The lowest BCUT2D eigenvalue weighted by Crippen LogP contribution is -2.52. The van der Waals surface area contributed by atoms with Gasteiger partial charge in [-0.2, -0.15) is 0 Å². The highest BCUT2D eigenvalue weighted by atomic mass is 19.1. The van der Waals surface area contributed by atoms with Crippen molar-refractivity contribution in [1.82, 2.24) is 4.90 Å². The highest BCUT2D eigenvalue weighted by molar-refractivity contribution is 5.80. The summed E-state index contributed by atoms with van der Waals surface area (Å²) in [6, 6.07) is 7.99. The number of hydrogen-bond acceptors (Lipinski definition) is 3. The number of likely N-dealkylation sites (tertiary alicyclic amines) is 1. The molecular weight excluding hydrogens is 429 g/mol. The lowest BCUT2D eigenvalue weighted by atomic mass is 9.56. The fourth-order valence-electron chi connectivity index (χ4n) is 6.04. The van der Waals surface area contributed by atoms with Crippen molar-refractivity contribution in [2.75, 3.05) is 18.4 Å². The zero-order chi connectivity index (χ0) is 23.5. The lowest BCUT2D eigenvalue weighted by Gasteiger charge is -2.49. The highest BCUT2D eigenvalue weighted by Crippen LogP contribution is 2.59. The molecular formula is C26H29F3N2O2. The summed E-state index contributed by atoms with van der Waals surface area (Å²) >= 11 is 0. The Morgan fingerprint density at radius 3 is 2.48 bits per heavy atom. The third-order valence-corrected chi connectivity index (χ3v) is 8.23. The molecule has 1 aliphatic carbocycles. The predicted octanol–water partition coefficient (Wildman–Crippen LogP) is 4.78. The Kier molecular flexibility index (Phi) is 5.43. The van der Waals surface area contributed by atoms with Crippen LogP contribution in [0.2, 0.25) is 0 Å². The van der Waals surface area contributed by atoms with Gasteiger partial charge in [-0.15, -0.1) is 0 Å². The average molecular weight is 459 g/mol. The first-order chi connectivity index (χ1) is 15.7. The topological polar surface area (TPSA) is 52.6 Å². The smallest absolute Gasteiger partial charge is 0.225 e. The van der Waals surface area contributed by atoms with Crippen molar-refractivity contribution in [3.63, 3.8) is 0 Å². The molecule has 0 spiro atoms. The zero-order valence-electron chi connectivity index (χ0n) is 18.8. The van der Waals surface area contributed by atoms with E-state index in [4.69, 9.17) is 0 Å². The van der Waals surface area contributed by atoms with Gasteiger partial charge in [0.15, 0.2) is 0 Å². The summed E-state index contributed by atoms with van der Waals surface area (Å²) in [6.45, 7) is 5.05. The van der Waals surface area contributed by atoms with Gasteiger partial charge >= 0.3 is 0 Å². The summed E-state index contributed by atoms with van der Waals surface area (Å²) in [5.41, 5.74) is 0.989. The molecule has 176 valence electrons. The van der Waals surface area contributed by atoms with Crippen LogP contribution in [0.4, 0.5) is 18.9 Å². The van der Waals surface area contributed by atoms with Gasteiger partial charge in [0.05, 0.1) is 17.8 Å². The Labute approximate surface area is 191 Å². The van der Waals surface area contributed by atoms with Crippen molar-refractivity contribution in [3.05, 3.63) is 65.0 Å². The van der Waals surface area contributed by atoms with Gasteiger partial charge in [-0.1, -0.05) is 26.0 Å².